The molecule has 0 spiro atoms. The van der Waals surface area contributed by atoms with Gasteiger partial charge in [-0.1, -0.05) is 30.3 Å². The van der Waals surface area contributed by atoms with Crippen LogP contribution in [0.15, 0.2) is 42.5 Å². The molecule has 0 saturated carbocycles. The molecule has 0 radical (unpaired) electrons. The van der Waals surface area contributed by atoms with Crippen molar-refractivity contribution < 1.29 is 9.47 Å². The van der Waals surface area contributed by atoms with Crippen molar-refractivity contribution in [2.45, 2.75) is 31.2 Å². The smallest absolute Gasteiger partial charge is 0.161 e. The van der Waals surface area contributed by atoms with Gasteiger partial charge < -0.3 is 9.47 Å². The second-order valence-electron chi connectivity index (χ2n) is 6.86. The summed E-state index contributed by atoms with van der Waals surface area (Å²) in [5, 5.41) is 0. The van der Waals surface area contributed by atoms with E-state index in [9.17, 15) is 0 Å². The molecule has 0 amide bonds. The van der Waals surface area contributed by atoms with Crippen LogP contribution < -0.4 is 9.47 Å². The minimum atomic E-state index is 0.522. The molecule has 3 aliphatic rings. The molecule has 1 fully saturated rings. The average molecular weight is 323 g/mol. The van der Waals surface area contributed by atoms with Gasteiger partial charge in [-0.15, -0.1) is 0 Å². The first-order valence-corrected chi connectivity index (χ1v) is 8.84. The fourth-order valence-corrected chi connectivity index (χ4v) is 4.37. The van der Waals surface area contributed by atoms with E-state index >= 15 is 0 Å². The van der Waals surface area contributed by atoms with Crippen molar-refractivity contribution in [1.82, 2.24) is 4.90 Å². The van der Waals surface area contributed by atoms with E-state index in [0.29, 0.717) is 12.0 Å². The second-order valence-corrected chi connectivity index (χ2v) is 6.86. The van der Waals surface area contributed by atoms with Gasteiger partial charge in [-0.3, -0.25) is 4.90 Å². The Balaban J connectivity index is 1.58. The first-order chi connectivity index (χ1) is 11.8. The Kier molecular flexibility index (Phi) is 4.19. The van der Waals surface area contributed by atoms with Crippen LogP contribution in [0.1, 0.15) is 41.5 Å². The van der Waals surface area contributed by atoms with Crippen molar-refractivity contribution in [2.75, 3.05) is 27.3 Å². The van der Waals surface area contributed by atoms with Crippen LogP contribution in [0.25, 0.3) is 0 Å². The van der Waals surface area contributed by atoms with E-state index in [-0.39, 0.29) is 0 Å². The third-order valence-corrected chi connectivity index (χ3v) is 5.60. The van der Waals surface area contributed by atoms with E-state index in [4.69, 9.17) is 9.47 Å². The molecule has 3 nitrogen and oxygen atoms in total. The van der Waals surface area contributed by atoms with E-state index in [1.807, 2.05) is 0 Å². The molecule has 5 rings (SSSR count). The maximum absolute atomic E-state index is 5.53. The molecule has 1 saturated heterocycles. The Morgan fingerprint density at radius 3 is 2.38 bits per heavy atom. The summed E-state index contributed by atoms with van der Waals surface area (Å²) < 4.78 is 11.0. The Hall–Kier alpha value is -2.00. The molecule has 3 heteroatoms. The number of rotatable bonds is 5. The molecule has 0 N–H and O–H groups in total. The fraction of sp³-hybridized carbons (Fsp3) is 0.429. The van der Waals surface area contributed by atoms with Gasteiger partial charge in [0.2, 0.25) is 0 Å². The first kappa shape index (κ1) is 15.5. The molecule has 2 aromatic rings. The van der Waals surface area contributed by atoms with Crippen LogP contribution in [0.2, 0.25) is 0 Å². The number of ether oxygens (including phenoxy) is 2. The largest absolute Gasteiger partial charge is 0.493 e. The molecule has 2 atom stereocenters. The number of nitrogens with zero attached hydrogens (tertiary/aromatic N) is 1. The summed E-state index contributed by atoms with van der Waals surface area (Å²) in [4.78, 5) is 2.66. The van der Waals surface area contributed by atoms with Crippen molar-refractivity contribution in [3.8, 4) is 11.5 Å². The van der Waals surface area contributed by atoms with Gasteiger partial charge in [-0.2, -0.15) is 0 Å². The van der Waals surface area contributed by atoms with Crippen LogP contribution in [0.3, 0.4) is 0 Å². The fourth-order valence-electron chi connectivity index (χ4n) is 4.37. The zero-order valence-electron chi connectivity index (χ0n) is 14.5. The van der Waals surface area contributed by atoms with Gasteiger partial charge in [0.1, 0.15) is 0 Å². The molecule has 2 unspecified atom stereocenters. The highest BCUT2D eigenvalue weighted by Crippen LogP contribution is 2.49. The number of hydrogen-bond acceptors (Lipinski definition) is 3. The molecule has 2 heterocycles. The quantitative estimate of drug-likeness (QED) is 0.824. The monoisotopic (exact) mass is 323 g/mol. The summed E-state index contributed by atoms with van der Waals surface area (Å²) in [7, 11) is 3.44. The molecule has 24 heavy (non-hydrogen) atoms. The lowest BCUT2D eigenvalue weighted by Gasteiger charge is -2.47. The van der Waals surface area contributed by atoms with Gasteiger partial charge in [-0.25, -0.2) is 0 Å². The van der Waals surface area contributed by atoms with Crippen molar-refractivity contribution >= 4 is 0 Å². The Morgan fingerprint density at radius 1 is 0.958 bits per heavy atom. The molecule has 2 aliphatic heterocycles. The lowest BCUT2D eigenvalue weighted by atomic mass is 9.74. The predicted molar refractivity (Wildman–Crippen MR) is 96.0 cm³/mol. The van der Waals surface area contributed by atoms with E-state index in [1.54, 1.807) is 14.2 Å². The number of benzene rings is 2. The third kappa shape index (κ3) is 2.67. The summed E-state index contributed by atoms with van der Waals surface area (Å²) >= 11 is 0. The van der Waals surface area contributed by atoms with Gasteiger partial charge in [0.05, 0.1) is 14.2 Å². The van der Waals surface area contributed by atoms with Crippen LogP contribution in [-0.2, 0) is 6.42 Å². The van der Waals surface area contributed by atoms with Crippen molar-refractivity contribution in [1.29, 1.82) is 0 Å². The number of hydrogen-bond donors (Lipinski definition) is 0. The number of methoxy groups -OCH3 is 2. The van der Waals surface area contributed by atoms with E-state index in [1.165, 1.54) is 36.1 Å². The van der Waals surface area contributed by atoms with Crippen LogP contribution in [-0.4, -0.2) is 32.2 Å². The van der Waals surface area contributed by atoms with Crippen LogP contribution in [0.4, 0.5) is 0 Å². The van der Waals surface area contributed by atoms with Crippen molar-refractivity contribution in [3.63, 3.8) is 0 Å². The number of fused-ring (bicyclic) bond motifs is 2. The van der Waals surface area contributed by atoms with Crippen LogP contribution in [0, 0.1) is 0 Å². The Labute approximate surface area is 144 Å². The molecular formula is C21H25NO2. The summed E-state index contributed by atoms with van der Waals surface area (Å²) in [6, 6.07) is 15.7. The molecule has 1 aliphatic carbocycles. The van der Waals surface area contributed by atoms with Gasteiger partial charge in [-0.05, 0) is 54.0 Å². The Bertz CT molecular complexity index is 713. The zero-order valence-corrected chi connectivity index (χ0v) is 14.5. The first-order valence-electron chi connectivity index (χ1n) is 8.84. The maximum Gasteiger partial charge on any atom is 0.161 e. The van der Waals surface area contributed by atoms with Crippen LogP contribution >= 0.6 is 0 Å². The third-order valence-electron chi connectivity index (χ3n) is 5.60. The highest BCUT2D eigenvalue weighted by molar-refractivity contribution is 5.51. The minimum Gasteiger partial charge on any atom is -0.493 e. The standard InChI is InChI=1S/C21H25NO2/c1-23-20-12-17-16-8-9-19(18(17)13-21(20)24-2)22(14-16)11-10-15-6-4-3-5-7-15/h3-7,12-13,16,19H,8-11,14H2,1-2H3. The average Bonchev–Trinajstić information content (AvgIpc) is 2.66. The lowest BCUT2D eigenvalue weighted by Crippen LogP contribution is -2.43. The summed E-state index contributed by atoms with van der Waals surface area (Å²) in [6.07, 6.45) is 3.66. The topological polar surface area (TPSA) is 21.7 Å². The van der Waals surface area contributed by atoms with E-state index < -0.39 is 0 Å². The molecule has 0 aromatic heterocycles. The molecular weight excluding hydrogens is 298 g/mol. The lowest BCUT2D eigenvalue weighted by molar-refractivity contribution is 0.114. The number of piperidine rings is 1. The summed E-state index contributed by atoms with van der Waals surface area (Å²) in [6.45, 7) is 2.29. The van der Waals surface area contributed by atoms with Crippen molar-refractivity contribution in [3.05, 3.63) is 59.2 Å². The van der Waals surface area contributed by atoms with Crippen LogP contribution in [0.5, 0.6) is 11.5 Å². The maximum atomic E-state index is 5.53. The zero-order chi connectivity index (χ0) is 16.5. The second kappa shape index (κ2) is 6.48. The van der Waals surface area contributed by atoms with Gasteiger partial charge in [0.15, 0.2) is 11.5 Å². The Morgan fingerprint density at radius 2 is 1.67 bits per heavy atom. The van der Waals surface area contributed by atoms with Gasteiger partial charge in [0.25, 0.3) is 0 Å². The van der Waals surface area contributed by atoms with Gasteiger partial charge >= 0.3 is 0 Å². The summed E-state index contributed by atoms with van der Waals surface area (Å²) in [5.41, 5.74) is 4.34. The molecule has 2 bridgehead atoms. The highest BCUT2D eigenvalue weighted by atomic mass is 16.5. The minimum absolute atomic E-state index is 0.522. The normalized spacial score (nSPS) is 22.2. The SMILES string of the molecule is COc1cc2c(cc1OC)C1CCC2CN1CCc1ccccc1. The van der Waals surface area contributed by atoms with E-state index in [2.05, 4.69) is 47.4 Å². The molecule has 2 aromatic carbocycles. The highest BCUT2D eigenvalue weighted by Gasteiger charge is 2.38. The molecule has 126 valence electrons. The predicted octanol–water partition coefficient (Wildman–Crippen LogP) is 4.18. The van der Waals surface area contributed by atoms with E-state index in [0.717, 1.165) is 24.5 Å². The summed E-state index contributed by atoms with van der Waals surface area (Å²) in [5.74, 6) is 2.34. The van der Waals surface area contributed by atoms with Crippen molar-refractivity contribution in [2.24, 2.45) is 0 Å². The van der Waals surface area contributed by atoms with Gasteiger partial charge in [0, 0.05) is 19.1 Å².